The van der Waals surface area contributed by atoms with Crippen molar-refractivity contribution in [3.8, 4) is 5.75 Å². The Labute approximate surface area is 125 Å². The number of phenolic OH excluding ortho intramolecular Hbond substituents is 1. The van der Waals surface area contributed by atoms with E-state index >= 15 is 0 Å². The van der Waals surface area contributed by atoms with E-state index in [0.717, 1.165) is 0 Å². The minimum Gasteiger partial charge on any atom is -0.506 e. The molecule has 0 aliphatic heterocycles. The summed E-state index contributed by atoms with van der Waals surface area (Å²) >= 11 is 5.68. The lowest BCUT2D eigenvalue weighted by atomic mass is 10.1. The standard InChI is InChI=1S/C14H11ClN2O4/c1-8-6-10(17(20)21)3-4-11(8)14(19)16-9-2-5-12(15)13(18)7-9/h2-7,18H,1H3,(H,16,19). The maximum Gasteiger partial charge on any atom is 0.269 e. The Morgan fingerprint density at radius 1 is 1.29 bits per heavy atom. The molecule has 2 N–H and O–H groups in total. The number of nitro benzene ring substituents is 1. The molecule has 0 spiro atoms. The minimum absolute atomic E-state index is 0.0758. The zero-order valence-electron chi connectivity index (χ0n) is 11.0. The lowest BCUT2D eigenvalue weighted by Crippen LogP contribution is -2.13. The second kappa shape index (κ2) is 5.80. The third-order valence-corrected chi connectivity index (χ3v) is 3.19. The van der Waals surface area contributed by atoms with Crippen LogP contribution in [0.3, 0.4) is 0 Å². The quantitative estimate of drug-likeness (QED) is 0.670. The van der Waals surface area contributed by atoms with Gasteiger partial charge in [-0.3, -0.25) is 14.9 Å². The highest BCUT2D eigenvalue weighted by atomic mass is 35.5. The SMILES string of the molecule is Cc1cc([N+](=O)[O-])ccc1C(=O)Nc1ccc(Cl)c(O)c1. The highest BCUT2D eigenvalue weighted by Crippen LogP contribution is 2.26. The maximum absolute atomic E-state index is 12.1. The number of halogens is 1. The number of non-ortho nitro benzene ring substituents is 1. The first-order valence-corrected chi connectivity index (χ1v) is 6.31. The number of phenols is 1. The summed E-state index contributed by atoms with van der Waals surface area (Å²) in [4.78, 5) is 22.3. The van der Waals surface area contributed by atoms with Crippen molar-refractivity contribution in [2.24, 2.45) is 0 Å². The number of rotatable bonds is 3. The molecule has 0 fully saturated rings. The average molecular weight is 307 g/mol. The number of hydrogen-bond donors (Lipinski definition) is 2. The van der Waals surface area contributed by atoms with Gasteiger partial charge in [0.2, 0.25) is 0 Å². The molecule has 1 amide bonds. The van der Waals surface area contributed by atoms with Crippen LogP contribution < -0.4 is 5.32 Å². The Balaban J connectivity index is 2.24. The van der Waals surface area contributed by atoms with Gasteiger partial charge in [-0.25, -0.2) is 0 Å². The maximum atomic E-state index is 12.1. The van der Waals surface area contributed by atoms with E-state index in [9.17, 15) is 20.0 Å². The predicted molar refractivity (Wildman–Crippen MR) is 78.9 cm³/mol. The fourth-order valence-electron chi connectivity index (χ4n) is 1.81. The summed E-state index contributed by atoms with van der Waals surface area (Å²) in [6, 6.07) is 8.30. The molecule has 2 rings (SSSR count). The topological polar surface area (TPSA) is 92.5 Å². The smallest absolute Gasteiger partial charge is 0.269 e. The summed E-state index contributed by atoms with van der Waals surface area (Å²) in [5, 5.41) is 22.9. The van der Waals surface area contributed by atoms with E-state index in [1.54, 1.807) is 13.0 Å². The first-order chi connectivity index (χ1) is 9.88. The molecule has 0 bridgehead atoms. The summed E-state index contributed by atoms with van der Waals surface area (Å²) in [5.74, 6) is -0.570. The van der Waals surface area contributed by atoms with Crippen molar-refractivity contribution in [2.75, 3.05) is 5.32 Å². The van der Waals surface area contributed by atoms with Gasteiger partial charge in [0.1, 0.15) is 5.75 Å². The zero-order valence-corrected chi connectivity index (χ0v) is 11.7. The molecule has 6 nitrogen and oxygen atoms in total. The van der Waals surface area contributed by atoms with Crippen LogP contribution in [0.5, 0.6) is 5.75 Å². The highest BCUT2D eigenvalue weighted by Gasteiger charge is 2.14. The number of nitrogens with zero attached hydrogens (tertiary/aromatic N) is 1. The summed E-state index contributed by atoms with van der Waals surface area (Å²) in [6.07, 6.45) is 0. The Kier molecular flexibility index (Phi) is 4.09. The number of hydrogen-bond acceptors (Lipinski definition) is 4. The summed E-state index contributed by atoms with van der Waals surface area (Å²) in [6.45, 7) is 1.61. The van der Waals surface area contributed by atoms with Gasteiger partial charge < -0.3 is 10.4 Å². The number of carbonyl (C=O) groups excluding carboxylic acids is 1. The van der Waals surface area contributed by atoms with Crippen molar-refractivity contribution in [3.63, 3.8) is 0 Å². The monoisotopic (exact) mass is 306 g/mol. The van der Waals surface area contributed by atoms with E-state index in [1.165, 1.54) is 30.3 Å². The van der Waals surface area contributed by atoms with Gasteiger partial charge in [-0.2, -0.15) is 0 Å². The predicted octanol–water partition coefficient (Wildman–Crippen LogP) is 3.51. The lowest BCUT2D eigenvalue weighted by Gasteiger charge is -2.08. The summed E-state index contributed by atoms with van der Waals surface area (Å²) in [7, 11) is 0. The molecular formula is C14H11ClN2O4. The molecule has 108 valence electrons. The van der Waals surface area contributed by atoms with E-state index in [0.29, 0.717) is 16.8 Å². The van der Waals surface area contributed by atoms with Crippen LogP contribution in [0.1, 0.15) is 15.9 Å². The molecule has 0 atom stereocenters. The molecule has 2 aromatic rings. The van der Waals surface area contributed by atoms with Crippen molar-refractivity contribution in [2.45, 2.75) is 6.92 Å². The van der Waals surface area contributed by atoms with Crippen molar-refractivity contribution in [3.05, 3.63) is 62.7 Å². The Hall–Kier alpha value is -2.60. The number of carbonyl (C=O) groups is 1. The van der Waals surface area contributed by atoms with Crippen LogP contribution in [0, 0.1) is 17.0 Å². The van der Waals surface area contributed by atoms with Gasteiger partial charge in [0.05, 0.1) is 9.95 Å². The van der Waals surface area contributed by atoms with Crippen LogP contribution in [0.4, 0.5) is 11.4 Å². The van der Waals surface area contributed by atoms with Crippen LogP contribution in [0.15, 0.2) is 36.4 Å². The molecule has 21 heavy (non-hydrogen) atoms. The molecular weight excluding hydrogens is 296 g/mol. The Morgan fingerprint density at radius 2 is 2.00 bits per heavy atom. The van der Waals surface area contributed by atoms with E-state index in [1.807, 2.05) is 0 Å². The van der Waals surface area contributed by atoms with Gasteiger partial charge in [-0.15, -0.1) is 0 Å². The second-order valence-electron chi connectivity index (χ2n) is 4.38. The molecule has 0 saturated carbocycles. The molecule has 0 aromatic heterocycles. The molecule has 0 aliphatic carbocycles. The number of nitro groups is 1. The molecule has 0 saturated heterocycles. The van der Waals surface area contributed by atoms with Crippen LogP contribution in [0.25, 0.3) is 0 Å². The Morgan fingerprint density at radius 3 is 2.57 bits per heavy atom. The molecule has 7 heteroatoms. The van der Waals surface area contributed by atoms with Crippen molar-refractivity contribution < 1.29 is 14.8 Å². The van der Waals surface area contributed by atoms with Gasteiger partial charge in [0.25, 0.3) is 11.6 Å². The second-order valence-corrected chi connectivity index (χ2v) is 4.78. The van der Waals surface area contributed by atoms with Crippen LogP contribution in [-0.4, -0.2) is 15.9 Å². The first-order valence-electron chi connectivity index (χ1n) is 5.93. The summed E-state index contributed by atoms with van der Waals surface area (Å²) < 4.78 is 0. The third-order valence-electron chi connectivity index (χ3n) is 2.87. The first kappa shape index (κ1) is 14.8. The number of nitrogens with one attached hydrogen (secondary N) is 1. The number of aromatic hydroxyl groups is 1. The number of amides is 1. The van der Waals surface area contributed by atoms with Gasteiger partial charge in [-0.1, -0.05) is 11.6 Å². The molecule has 0 unspecified atom stereocenters. The third kappa shape index (κ3) is 3.29. The molecule has 0 aliphatic rings. The van der Waals surface area contributed by atoms with E-state index in [4.69, 9.17) is 11.6 Å². The van der Waals surface area contributed by atoms with E-state index in [2.05, 4.69) is 5.32 Å². The number of benzene rings is 2. The van der Waals surface area contributed by atoms with Gasteiger partial charge >= 0.3 is 0 Å². The largest absolute Gasteiger partial charge is 0.506 e. The minimum atomic E-state index is -0.522. The van der Waals surface area contributed by atoms with E-state index in [-0.39, 0.29) is 16.5 Å². The number of anilines is 1. The van der Waals surface area contributed by atoms with Crippen molar-refractivity contribution in [1.29, 1.82) is 0 Å². The molecule has 0 radical (unpaired) electrons. The van der Waals surface area contributed by atoms with E-state index < -0.39 is 10.8 Å². The fourth-order valence-corrected chi connectivity index (χ4v) is 1.92. The van der Waals surface area contributed by atoms with Crippen LogP contribution >= 0.6 is 11.6 Å². The van der Waals surface area contributed by atoms with Crippen molar-refractivity contribution >= 4 is 28.9 Å². The summed E-state index contributed by atoms with van der Waals surface area (Å²) in [5.41, 5.74) is 1.10. The van der Waals surface area contributed by atoms with Gasteiger partial charge in [0, 0.05) is 29.4 Å². The number of aryl methyl sites for hydroxylation is 1. The highest BCUT2D eigenvalue weighted by molar-refractivity contribution is 6.32. The average Bonchev–Trinajstić information content (AvgIpc) is 2.42. The zero-order chi connectivity index (χ0) is 15.6. The van der Waals surface area contributed by atoms with Crippen molar-refractivity contribution in [1.82, 2.24) is 0 Å². The van der Waals surface area contributed by atoms with Crippen LogP contribution in [0.2, 0.25) is 5.02 Å². The molecule has 0 heterocycles. The van der Waals surface area contributed by atoms with Crippen LogP contribution in [-0.2, 0) is 0 Å². The Bertz CT molecular complexity index is 731. The molecule has 2 aromatic carbocycles. The normalized spacial score (nSPS) is 10.2. The lowest BCUT2D eigenvalue weighted by molar-refractivity contribution is -0.384. The van der Waals surface area contributed by atoms with Gasteiger partial charge in [0.15, 0.2) is 0 Å². The van der Waals surface area contributed by atoms with Gasteiger partial charge in [-0.05, 0) is 30.7 Å². The fraction of sp³-hybridized carbons (Fsp3) is 0.0714.